The van der Waals surface area contributed by atoms with Crippen LogP contribution in [-0.2, 0) is 26.5 Å². The standard InChI is InChI=1S/C20H22N2O.C4H4O4/c1-4-19-21-20(15(2)23,17-11-6-5-7-12-17)18-13-9-8-10-16(18)14-22(19)3;5-3(6)1-2-4(7)8/h5-13H,4,14H2,1-3H3;1-2H,(H,5,6)(H,7,8)/b;2-1+. The Kier molecular flexibility index (Phi) is 7.85. The highest BCUT2D eigenvalue weighted by atomic mass is 16.4. The van der Waals surface area contributed by atoms with Gasteiger partial charge in [-0.3, -0.25) is 4.79 Å². The monoisotopic (exact) mass is 422 g/mol. The molecule has 1 aliphatic rings. The number of carbonyl (C=O) groups excluding carboxylic acids is 1. The molecule has 0 saturated carbocycles. The molecule has 2 N–H and O–H groups in total. The van der Waals surface area contributed by atoms with Gasteiger partial charge in [-0.1, -0.05) is 61.5 Å². The molecule has 1 atom stereocenters. The van der Waals surface area contributed by atoms with Gasteiger partial charge in [0.05, 0.1) is 0 Å². The summed E-state index contributed by atoms with van der Waals surface area (Å²) in [6.45, 7) is 4.50. The first-order chi connectivity index (χ1) is 14.7. The molecule has 0 fully saturated rings. The summed E-state index contributed by atoms with van der Waals surface area (Å²) in [5, 5.41) is 15.6. The van der Waals surface area contributed by atoms with Crippen LogP contribution in [-0.4, -0.2) is 45.7 Å². The first-order valence-corrected chi connectivity index (χ1v) is 9.81. The third kappa shape index (κ3) is 5.45. The van der Waals surface area contributed by atoms with Crippen molar-refractivity contribution in [1.29, 1.82) is 0 Å². The number of hydrogen-bond acceptors (Lipinski definition) is 5. The van der Waals surface area contributed by atoms with Gasteiger partial charge >= 0.3 is 11.9 Å². The highest BCUT2D eigenvalue weighted by Gasteiger charge is 2.42. The van der Waals surface area contributed by atoms with Gasteiger partial charge in [0.15, 0.2) is 11.3 Å². The minimum atomic E-state index is -1.26. The molecule has 1 aliphatic heterocycles. The zero-order chi connectivity index (χ0) is 23.0. The van der Waals surface area contributed by atoms with Gasteiger partial charge in [0.2, 0.25) is 0 Å². The van der Waals surface area contributed by atoms with E-state index in [0.29, 0.717) is 12.2 Å². The number of carboxylic acid groups (broad SMARTS) is 2. The molecule has 0 spiro atoms. The highest BCUT2D eigenvalue weighted by molar-refractivity contribution is 5.96. The van der Waals surface area contributed by atoms with Gasteiger partial charge in [0.25, 0.3) is 0 Å². The first kappa shape index (κ1) is 23.5. The fraction of sp³-hybridized carbons (Fsp3) is 0.250. The van der Waals surface area contributed by atoms with E-state index in [2.05, 4.69) is 17.9 Å². The van der Waals surface area contributed by atoms with Crippen LogP contribution < -0.4 is 0 Å². The van der Waals surface area contributed by atoms with Crippen LogP contribution in [0.4, 0.5) is 0 Å². The second-order valence-corrected chi connectivity index (χ2v) is 7.04. The normalized spacial score (nSPS) is 17.6. The third-order valence-electron chi connectivity index (χ3n) is 4.94. The second kappa shape index (κ2) is 10.3. The summed E-state index contributed by atoms with van der Waals surface area (Å²) >= 11 is 0. The summed E-state index contributed by atoms with van der Waals surface area (Å²) in [6.07, 6.45) is 1.91. The van der Waals surface area contributed by atoms with Crippen LogP contribution in [0, 0.1) is 0 Å². The number of carboxylic acids is 2. The topological polar surface area (TPSA) is 107 Å². The molecule has 0 radical (unpaired) electrons. The van der Waals surface area contributed by atoms with Gasteiger partial charge < -0.3 is 15.1 Å². The van der Waals surface area contributed by atoms with Gasteiger partial charge in [0, 0.05) is 32.2 Å². The molecule has 7 nitrogen and oxygen atoms in total. The Morgan fingerprint density at radius 1 is 1.00 bits per heavy atom. The molecule has 31 heavy (non-hydrogen) atoms. The largest absolute Gasteiger partial charge is 0.478 e. The predicted octanol–water partition coefficient (Wildman–Crippen LogP) is 3.48. The van der Waals surface area contributed by atoms with Gasteiger partial charge in [-0.25, -0.2) is 14.6 Å². The number of amidine groups is 1. The quantitative estimate of drug-likeness (QED) is 0.715. The Labute approximate surface area is 181 Å². The number of rotatable bonds is 5. The van der Waals surface area contributed by atoms with Gasteiger partial charge in [-0.15, -0.1) is 0 Å². The minimum absolute atomic E-state index is 0.0531. The molecular formula is C24H26N2O5. The molecule has 1 unspecified atom stereocenters. The number of benzene rings is 2. The van der Waals surface area contributed by atoms with Gasteiger partial charge in [0.1, 0.15) is 5.84 Å². The lowest BCUT2D eigenvalue weighted by Crippen LogP contribution is -2.35. The molecule has 162 valence electrons. The molecule has 0 bridgehead atoms. The molecule has 2 aromatic carbocycles. The number of Topliss-reactive ketones (excluding diaryl/α,β-unsaturated/α-hetero) is 1. The fourth-order valence-electron chi connectivity index (χ4n) is 3.56. The number of nitrogens with zero attached hydrogens (tertiary/aromatic N) is 2. The Morgan fingerprint density at radius 2 is 1.55 bits per heavy atom. The van der Waals surface area contributed by atoms with Crippen molar-refractivity contribution in [2.24, 2.45) is 4.99 Å². The Balaban J connectivity index is 0.000000366. The molecule has 0 amide bonds. The first-order valence-electron chi connectivity index (χ1n) is 9.81. The lowest BCUT2D eigenvalue weighted by atomic mass is 9.78. The number of ketones is 1. The zero-order valence-electron chi connectivity index (χ0n) is 17.8. The van der Waals surface area contributed by atoms with Crippen molar-refractivity contribution < 1.29 is 24.6 Å². The van der Waals surface area contributed by atoms with Crippen molar-refractivity contribution in [2.45, 2.75) is 32.4 Å². The van der Waals surface area contributed by atoms with E-state index >= 15 is 0 Å². The van der Waals surface area contributed by atoms with Crippen molar-refractivity contribution in [3.8, 4) is 0 Å². The van der Waals surface area contributed by atoms with E-state index in [1.165, 1.54) is 0 Å². The third-order valence-corrected chi connectivity index (χ3v) is 4.94. The van der Waals surface area contributed by atoms with E-state index in [9.17, 15) is 14.4 Å². The summed E-state index contributed by atoms with van der Waals surface area (Å²) in [7, 11) is 2.04. The fourth-order valence-corrected chi connectivity index (χ4v) is 3.56. The SMILES string of the molecule is CCC1=NC(C(C)=O)(c2ccccc2)c2ccccc2CN1C.O=C(O)/C=C/C(=O)O. The van der Waals surface area contributed by atoms with Crippen molar-refractivity contribution >= 4 is 23.6 Å². The lowest BCUT2D eigenvalue weighted by molar-refractivity contribution is -0.134. The van der Waals surface area contributed by atoms with Crippen molar-refractivity contribution in [3.63, 3.8) is 0 Å². The van der Waals surface area contributed by atoms with E-state index in [0.717, 1.165) is 35.5 Å². The minimum Gasteiger partial charge on any atom is -0.478 e. The van der Waals surface area contributed by atoms with Crippen LogP contribution >= 0.6 is 0 Å². The van der Waals surface area contributed by atoms with Crippen LogP contribution in [0.3, 0.4) is 0 Å². The van der Waals surface area contributed by atoms with Crippen LogP contribution in [0.25, 0.3) is 0 Å². The van der Waals surface area contributed by atoms with E-state index in [1.54, 1.807) is 6.92 Å². The Morgan fingerprint density at radius 3 is 2.06 bits per heavy atom. The molecule has 0 aromatic heterocycles. The number of carbonyl (C=O) groups is 3. The van der Waals surface area contributed by atoms with Crippen LogP contribution in [0.5, 0.6) is 0 Å². The molecule has 0 aliphatic carbocycles. The Bertz CT molecular complexity index is 998. The maximum atomic E-state index is 12.9. The van der Waals surface area contributed by atoms with Crippen molar-refractivity contribution in [1.82, 2.24) is 4.90 Å². The number of aliphatic imine (C=N–C) groups is 1. The van der Waals surface area contributed by atoms with Gasteiger partial charge in [-0.05, 0) is 23.6 Å². The smallest absolute Gasteiger partial charge is 0.328 e. The van der Waals surface area contributed by atoms with Crippen molar-refractivity contribution in [2.75, 3.05) is 7.05 Å². The summed E-state index contributed by atoms with van der Waals surface area (Å²) in [4.78, 5) is 39.1. The molecular weight excluding hydrogens is 396 g/mol. The lowest BCUT2D eigenvalue weighted by Gasteiger charge is -2.29. The van der Waals surface area contributed by atoms with Crippen LogP contribution in [0.15, 0.2) is 71.7 Å². The second-order valence-electron chi connectivity index (χ2n) is 7.04. The van der Waals surface area contributed by atoms with Crippen LogP contribution in [0.2, 0.25) is 0 Å². The molecule has 3 rings (SSSR count). The summed E-state index contributed by atoms with van der Waals surface area (Å²) in [5.41, 5.74) is 2.13. The average Bonchev–Trinajstić information content (AvgIpc) is 2.87. The number of aliphatic carboxylic acids is 2. The van der Waals surface area contributed by atoms with E-state index in [4.69, 9.17) is 15.2 Å². The molecule has 0 saturated heterocycles. The molecule has 7 heteroatoms. The number of hydrogen-bond donors (Lipinski definition) is 2. The Hall–Kier alpha value is -3.74. The maximum Gasteiger partial charge on any atom is 0.328 e. The van der Waals surface area contributed by atoms with E-state index in [-0.39, 0.29) is 5.78 Å². The van der Waals surface area contributed by atoms with Gasteiger partial charge in [-0.2, -0.15) is 0 Å². The summed E-state index contributed by atoms with van der Waals surface area (Å²) in [5.74, 6) is -1.50. The average molecular weight is 422 g/mol. The van der Waals surface area contributed by atoms with Crippen molar-refractivity contribution in [3.05, 3.63) is 83.4 Å². The molecule has 2 aromatic rings. The van der Waals surface area contributed by atoms with Crippen LogP contribution in [0.1, 0.15) is 37.0 Å². The number of fused-ring (bicyclic) bond motifs is 1. The maximum absolute atomic E-state index is 12.9. The molecule has 1 heterocycles. The predicted molar refractivity (Wildman–Crippen MR) is 118 cm³/mol. The van der Waals surface area contributed by atoms with E-state index < -0.39 is 17.5 Å². The zero-order valence-corrected chi connectivity index (χ0v) is 17.8. The summed E-state index contributed by atoms with van der Waals surface area (Å²) < 4.78 is 0. The highest BCUT2D eigenvalue weighted by Crippen LogP contribution is 2.39. The van der Waals surface area contributed by atoms with E-state index in [1.807, 2.05) is 55.6 Å². The summed E-state index contributed by atoms with van der Waals surface area (Å²) in [6, 6.07) is 18.1.